The number of piperazine rings is 1. The lowest BCUT2D eigenvalue weighted by atomic mass is 9.33. The van der Waals surface area contributed by atoms with Crippen LogP contribution in [0.25, 0.3) is 5.57 Å². The summed E-state index contributed by atoms with van der Waals surface area (Å²) in [5, 5.41) is 24.5. The number of hydrogen-bond acceptors (Lipinski definition) is 5. The molecule has 6 aliphatic rings. The third-order valence-corrected chi connectivity index (χ3v) is 17.5. The Labute approximate surface area is 322 Å². The van der Waals surface area contributed by atoms with E-state index in [-0.39, 0.29) is 22.6 Å². The van der Waals surface area contributed by atoms with Gasteiger partial charge in [-0.3, -0.25) is 9.80 Å². The minimum absolute atomic E-state index is 0.0273. The van der Waals surface area contributed by atoms with Gasteiger partial charge < -0.3 is 15.5 Å². The van der Waals surface area contributed by atoms with E-state index in [0.29, 0.717) is 46.0 Å². The zero-order valence-corrected chi connectivity index (χ0v) is 34.6. The molecule has 7 rings (SSSR count). The van der Waals surface area contributed by atoms with Gasteiger partial charge in [-0.05, 0) is 152 Å². The van der Waals surface area contributed by atoms with Gasteiger partial charge in [0.05, 0.1) is 5.56 Å². The monoisotopic (exact) mass is 728 g/mol. The van der Waals surface area contributed by atoms with Gasteiger partial charge in [-0.1, -0.05) is 78.8 Å². The van der Waals surface area contributed by atoms with E-state index < -0.39 is 5.97 Å². The number of rotatable bonds is 10. The normalized spacial score (nSPS) is 40.4. The molecule has 1 aromatic rings. The van der Waals surface area contributed by atoms with Crippen LogP contribution in [0.1, 0.15) is 136 Å². The second kappa shape index (κ2) is 14.2. The van der Waals surface area contributed by atoms with Crippen molar-refractivity contribution in [3.05, 3.63) is 53.6 Å². The molecule has 6 heteroatoms. The molecule has 1 saturated heterocycles. The number of benzene rings is 1. The molecule has 294 valence electrons. The third kappa shape index (κ3) is 6.42. The second-order valence-electron chi connectivity index (χ2n) is 20.7. The van der Waals surface area contributed by atoms with Crippen molar-refractivity contribution in [2.45, 2.75) is 131 Å². The van der Waals surface area contributed by atoms with Crippen LogP contribution >= 0.6 is 0 Å². The number of carboxylic acid groups (broad SMARTS) is 1. The van der Waals surface area contributed by atoms with Crippen LogP contribution in [0.3, 0.4) is 0 Å². The minimum atomic E-state index is -0.858. The van der Waals surface area contributed by atoms with E-state index >= 15 is 0 Å². The highest BCUT2D eigenvalue weighted by Gasteiger charge is 2.70. The Hall–Kier alpha value is -1.99. The number of fused-ring (bicyclic) bond motifs is 7. The number of carboxylic acids is 1. The van der Waals surface area contributed by atoms with Crippen LogP contribution in [0.15, 0.2) is 42.5 Å². The molecule has 1 aliphatic heterocycles. The maximum Gasteiger partial charge on any atom is 0.335 e. The van der Waals surface area contributed by atoms with Gasteiger partial charge in [0.25, 0.3) is 0 Å². The molecule has 5 aliphatic carbocycles. The fraction of sp³-hybridized carbons (Fsp3) is 0.766. The molecule has 0 bridgehead atoms. The third-order valence-electron chi connectivity index (χ3n) is 17.5. The molecule has 4 saturated carbocycles. The predicted molar refractivity (Wildman–Crippen MR) is 218 cm³/mol. The SMILES string of the molecule is C=C(C)[C@@H]1CC[C@]2(NCCN3CCN(C(O)CC(C)C)CC3)CC[C@]3(C)[C@H](CC[C@@H]4[C@@]5(C)CC=C(c6ccc(C(=O)O)cc6)C(C)(C)[C@@H]5CC[C@]43C)[C@@H]12. The Morgan fingerprint density at radius 3 is 2.25 bits per heavy atom. The molecule has 53 heavy (non-hydrogen) atoms. The summed E-state index contributed by atoms with van der Waals surface area (Å²) in [5.41, 5.74) is 5.48. The molecule has 1 aromatic carbocycles. The number of hydrogen-bond donors (Lipinski definition) is 3. The predicted octanol–water partition coefficient (Wildman–Crippen LogP) is 9.36. The fourth-order valence-electron chi connectivity index (χ4n) is 14.7. The van der Waals surface area contributed by atoms with Crippen LogP contribution in [0.2, 0.25) is 0 Å². The van der Waals surface area contributed by atoms with Crippen LogP contribution in [0.5, 0.6) is 0 Å². The largest absolute Gasteiger partial charge is 0.478 e. The first-order valence-corrected chi connectivity index (χ1v) is 21.6. The number of aromatic carboxylic acids is 1. The quantitative estimate of drug-likeness (QED) is 0.209. The molecule has 1 heterocycles. The van der Waals surface area contributed by atoms with Gasteiger partial charge in [0, 0.05) is 44.8 Å². The van der Waals surface area contributed by atoms with Gasteiger partial charge >= 0.3 is 5.97 Å². The maximum absolute atomic E-state index is 11.6. The summed E-state index contributed by atoms with van der Waals surface area (Å²) >= 11 is 0. The highest BCUT2D eigenvalue weighted by Crippen LogP contribution is 2.76. The van der Waals surface area contributed by atoms with E-state index in [2.05, 4.69) is 83.2 Å². The van der Waals surface area contributed by atoms with Crippen molar-refractivity contribution >= 4 is 11.5 Å². The smallest absolute Gasteiger partial charge is 0.335 e. The summed E-state index contributed by atoms with van der Waals surface area (Å²) < 4.78 is 0. The van der Waals surface area contributed by atoms with E-state index in [4.69, 9.17) is 0 Å². The zero-order valence-electron chi connectivity index (χ0n) is 34.6. The molecule has 5 fully saturated rings. The average molecular weight is 728 g/mol. The van der Waals surface area contributed by atoms with Crippen molar-refractivity contribution in [2.75, 3.05) is 39.3 Å². The van der Waals surface area contributed by atoms with Crippen LogP contribution in [0.4, 0.5) is 0 Å². The van der Waals surface area contributed by atoms with Gasteiger partial charge in [-0.2, -0.15) is 0 Å². The minimum Gasteiger partial charge on any atom is -0.478 e. The molecule has 3 N–H and O–H groups in total. The molecule has 6 nitrogen and oxygen atoms in total. The van der Waals surface area contributed by atoms with Gasteiger partial charge in [-0.15, -0.1) is 0 Å². The highest BCUT2D eigenvalue weighted by molar-refractivity contribution is 5.88. The summed E-state index contributed by atoms with van der Waals surface area (Å²) in [6, 6.07) is 7.65. The first-order chi connectivity index (χ1) is 25.0. The van der Waals surface area contributed by atoms with Gasteiger partial charge in [-0.25, -0.2) is 4.79 Å². The maximum atomic E-state index is 11.6. The van der Waals surface area contributed by atoms with Crippen LogP contribution < -0.4 is 5.32 Å². The number of carbonyl (C=O) groups is 1. The van der Waals surface area contributed by atoms with E-state index in [1.807, 2.05) is 12.1 Å². The lowest BCUT2D eigenvalue weighted by molar-refractivity contribution is -0.219. The van der Waals surface area contributed by atoms with Gasteiger partial charge in [0.1, 0.15) is 6.23 Å². The first-order valence-electron chi connectivity index (χ1n) is 21.6. The fourth-order valence-corrected chi connectivity index (χ4v) is 14.7. The van der Waals surface area contributed by atoms with E-state index in [0.717, 1.165) is 58.0 Å². The summed E-state index contributed by atoms with van der Waals surface area (Å²) in [7, 11) is 0. The molecule has 0 amide bonds. The van der Waals surface area contributed by atoms with Crippen molar-refractivity contribution in [1.29, 1.82) is 0 Å². The number of allylic oxidation sites excluding steroid dienone is 3. The molecule has 10 atom stereocenters. The van der Waals surface area contributed by atoms with E-state index in [1.165, 1.54) is 68.1 Å². The number of nitrogens with one attached hydrogen (secondary N) is 1. The zero-order chi connectivity index (χ0) is 38.1. The van der Waals surface area contributed by atoms with Crippen molar-refractivity contribution in [2.24, 2.45) is 57.2 Å². The summed E-state index contributed by atoms with van der Waals surface area (Å²) in [6.45, 7) is 30.6. The van der Waals surface area contributed by atoms with Crippen LogP contribution in [-0.4, -0.2) is 77.0 Å². The van der Waals surface area contributed by atoms with Crippen molar-refractivity contribution in [3.8, 4) is 0 Å². The summed E-state index contributed by atoms with van der Waals surface area (Å²) in [5.74, 6) is 2.95. The average Bonchev–Trinajstić information content (AvgIpc) is 3.48. The Morgan fingerprint density at radius 1 is 0.906 bits per heavy atom. The molecule has 0 aromatic heterocycles. The van der Waals surface area contributed by atoms with E-state index in [1.54, 1.807) is 12.1 Å². The van der Waals surface area contributed by atoms with Crippen LogP contribution in [0, 0.1) is 57.2 Å². The Kier molecular flexibility index (Phi) is 10.5. The first kappa shape index (κ1) is 39.3. The summed E-state index contributed by atoms with van der Waals surface area (Å²) in [6.07, 6.45) is 14.6. The highest BCUT2D eigenvalue weighted by atomic mass is 16.4. The molecule has 0 spiro atoms. The lowest BCUT2D eigenvalue weighted by Crippen LogP contribution is -2.68. The molecular weight excluding hydrogens is 655 g/mol. The van der Waals surface area contributed by atoms with Crippen molar-refractivity contribution in [3.63, 3.8) is 0 Å². The van der Waals surface area contributed by atoms with Crippen LogP contribution in [-0.2, 0) is 0 Å². The van der Waals surface area contributed by atoms with Gasteiger partial charge in [0.15, 0.2) is 0 Å². The Morgan fingerprint density at radius 2 is 1.60 bits per heavy atom. The molecule has 0 radical (unpaired) electrons. The second-order valence-corrected chi connectivity index (χ2v) is 20.7. The Bertz CT molecular complexity index is 1560. The molecule has 1 unspecified atom stereocenters. The number of aliphatic hydroxyl groups is 1. The van der Waals surface area contributed by atoms with Crippen molar-refractivity contribution < 1.29 is 15.0 Å². The topological polar surface area (TPSA) is 76.0 Å². The number of nitrogens with zero attached hydrogens (tertiary/aromatic N) is 2. The number of aliphatic hydroxyl groups excluding tert-OH is 1. The standard InChI is InChI=1S/C47H73N3O3/c1-31(2)30-40(51)50-28-26-49(27-29-50)25-24-48-47-21-16-35(32(3)4)41(47)37-14-15-39-44(7)19-17-36(33-10-12-34(13-11-33)42(52)53)43(5,6)38(44)18-20-46(39,9)45(37,8)22-23-47/h10-13,17,31,35,37-41,48,51H,3,14-16,18-30H2,1-2,4-9H3,(H,52,53)/t35-,37+,38-,39+,40?,41+,44-,45+,46+,47-/m0/s1. The van der Waals surface area contributed by atoms with E-state index in [9.17, 15) is 15.0 Å². The summed E-state index contributed by atoms with van der Waals surface area (Å²) in [4.78, 5) is 16.5. The molecular formula is C47H73N3O3. The van der Waals surface area contributed by atoms with Crippen molar-refractivity contribution in [1.82, 2.24) is 15.1 Å². The lowest BCUT2D eigenvalue weighted by Gasteiger charge is -2.72. The van der Waals surface area contributed by atoms with Gasteiger partial charge in [0.2, 0.25) is 0 Å². The Balaban J connectivity index is 1.08.